The number of carbonyl (C=O) groups excluding carboxylic acids is 2. The number of carbonyl (C=O) groups is 2. The lowest BCUT2D eigenvalue weighted by Gasteiger charge is -2.07. The van der Waals surface area contributed by atoms with Crippen LogP contribution >= 0.6 is 11.8 Å². The normalized spacial score (nSPS) is 10.1. The SMILES string of the molecule is CCCOC(=O)c1ccc(NC(=O)CSc2ccccc2)cc1. The van der Waals surface area contributed by atoms with Crippen LogP contribution in [0.2, 0.25) is 0 Å². The molecule has 2 aromatic carbocycles. The molecule has 0 aliphatic carbocycles. The first-order valence-corrected chi connectivity index (χ1v) is 8.42. The maximum Gasteiger partial charge on any atom is 0.338 e. The summed E-state index contributed by atoms with van der Waals surface area (Å²) in [5.74, 6) is -0.0888. The van der Waals surface area contributed by atoms with Gasteiger partial charge in [0.25, 0.3) is 0 Å². The van der Waals surface area contributed by atoms with E-state index in [0.717, 1.165) is 11.3 Å². The molecule has 0 aliphatic heterocycles. The van der Waals surface area contributed by atoms with Crippen LogP contribution in [0, 0.1) is 0 Å². The topological polar surface area (TPSA) is 55.4 Å². The van der Waals surface area contributed by atoms with E-state index in [1.165, 1.54) is 11.8 Å². The summed E-state index contributed by atoms with van der Waals surface area (Å²) in [7, 11) is 0. The third-order valence-corrected chi connectivity index (χ3v) is 3.97. The Kier molecular flexibility index (Phi) is 6.69. The Morgan fingerprint density at radius 2 is 1.74 bits per heavy atom. The van der Waals surface area contributed by atoms with Crippen LogP contribution in [-0.4, -0.2) is 24.2 Å². The van der Waals surface area contributed by atoms with Crippen LogP contribution in [-0.2, 0) is 9.53 Å². The van der Waals surface area contributed by atoms with Gasteiger partial charge in [0.15, 0.2) is 0 Å². The minimum absolute atomic E-state index is 0.0832. The third kappa shape index (κ3) is 5.79. The highest BCUT2D eigenvalue weighted by Gasteiger charge is 2.08. The summed E-state index contributed by atoms with van der Waals surface area (Å²) in [6, 6.07) is 16.5. The molecule has 0 aliphatic rings. The number of thioether (sulfide) groups is 1. The van der Waals surface area contributed by atoms with E-state index in [1.807, 2.05) is 37.3 Å². The summed E-state index contributed by atoms with van der Waals surface area (Å²) in [6.45, 7) is 2.35. The molecule has 0 heterocycles. The van der Waals surface area contributed by atoms with Crippen molar-refractivity contribution in [2.75, 3.05) is 17.7 Å². The predicted molar refractivity (Wildman–Crippen MR) is 92.8 cm³/mol. The van der Waals surface area contributed by atoms with Crippen LogP contribution in [0.4, 0.5) is 5.69 Å². The minimum Gasteiger partial charge on any atom is -0.462 e. The number of benzene rings is 2. The summed E-state index contributed by atoms with van der Waals surface area (Å²) >= 11 is 1.48. The van der Waals surface area contributed by atoms with E-state index in [9.17, 15) is 9.59 Å². The average Bonchev–Trinajstić information content (AvgIpc) is 2.59. The van der Waals surface area contributed by atoms with E-state index in [1.54, 1.807) is 24.3 Å². The lowest BCUT2D eigenvalue weighted by atomic mass is 10.2. The monoisotopic (exact) mass is 329 g/mol. The van der Waals surface area contributed by atoms with Crippen molar-refractivity contribution in [2.24, 2.45) is 0 Å². The molecule has 0 saturated carbocycles. The molecule has 0 unspecified atom stereocenters. The molecule has 0 spiro atoms. The number of anilines is 1. The smallest absolute Gasteiger partial charge is 0.338 e. The molecule has 120 valence electrons. The molecule has 0 atom stereocenters. The van der Waals surface area contributed by atoms with Crippen LogP contribution in [0.5, 0.6) is 0 Å². The molecular weight excluding hydrogens is 310 g/mol. The Morgan fingerprint density at radius 3 is 2.39 bits per heavy atom. The fraction of sp³-hybridized carbons (Fsp3) is 0.222. The number of hydrogen-bond acceptors (Lipinski definition) is 4. The molecule has 4 nitrogen and oxygen atoms in total. The standard InChI is InChI=1S/C18H19NO3S/c1-2-12-22-18(21)14-8-10-15(11-9-14)19-17(20)13-23-16-6-4-3-5-7-16/h3-11H,2,12-13H2,1H3,(H,19,20). The van der Waals surface area contributed by atoms with Crippen LogP contribution in [0.1, 0.15) is 23.7 Å². The number of nitrogens with one attached hydrogen (secondary N) is 1. The molecule has 0 fully saturated rings. The molecule has 0 radical (unpaired) electrons. The van der Waals surface area contributed by atoms with Crippen LogP contribution < -0.4 is 5.32 Å². The summed E-state index contributed by atoms with van der Waals surface area (Å²) in [5, 5.41) is 2.81. The fourth-order valence-corrected chi connectivity index (χ4v) is 2.55. The van der Waals surface area contributed by atoms with Gasteiger partial charge in [0, 0.05) is 10.6 Å². The van der Waals surface area contributed by atoms with Crippen molar-refractivity contribution < 1.29 is 14.3 Å². The zero-order valence-corrected chi connectivity index (χ0v) is 13.8. The number of ether oxygens (including phenoxy) is 1. The van der Waals surface area contributed by atoms with E-state index in [0.29, 0.717) is 23.6 Å². The molecule has 0 aromatic heterocycles. The molecule has 0 bridgehead atoms. The van der Waals surface area contributed by atoms with Crippen molar-refractivity contribution in [2.45, 2.75) is 18.2 Å². The largest absolute Gasteiger partial charge is 0.462 e. The average molecular weight is 329 g/mol. The first-order chi connectivity index (χ1) is 11.2. The van der Waals surface area contributed by atoms with Gasteiger partial charge in [0.05, 0.1) is 17.9 Å². The van der Waals surface area contributed by atoms with E-state index in [4.69, 9.17) is 4.74 Å². The van der Waals surface area contributed by atoms with E-state index in [-0.39, 0.29) is 11.9 Å². The number of rotatable bonds is 7. The number of esters is 1. The molecule has 0 saturated heterocycles. The summed E-state index contributed by atoms with van der Waals surface area (Å²) < 4.78 is 5.06. The molecule has 1 amide bonds. The summed E-state index contributed by atoms with van der Waals surface area (Å²) in [5.41, 5.74) is 1.14. The van der Waals surface area contributed by atoms with Gasteiger partial charge in [-0.1, -0.05) is 25.1 Å². The van der Waals surface area contributed by atoms with E-state index >= 15 is 0 Å². The molecule has 5 heteroatoms. The van der Waals surface area contributed by atoms with Gasteiger partial charge < -0.3 is 10.1 Å². The Morgan fingerprint density at radius 1 is 1.04 bits per heavy atom. The van der Waals surface area contributed by atoms with Gasteiger partial charge in [-0.15, -0.1) is 11.8 Å². The van der Waals surface area contributed by atoms with Crippen molar-refractivity contribution in [1.29, 1.82) is 0 Å². The Hall–Kier alpha value is -2.27. The summed E-state index contributed by atoms with van der Waals surface area (Å²) in [4.78, 5) is 24.7. The van der Waals surface area contributed by atoms with Gasteiger partial charge in [0.2, 0.25) is 5.91 Å². The zero-order chi connectivity index (χ0) is 16.5. The molecule has 23 heavy (non-hydrogen) atoms. The number of hydrogen-bond donors (Lipinski definition) is 1. The third-order valence-electron chi connectivity index (χ3n) is 2.95. The first kappa shape index (κ1) is 17.1. The first-order valence-electron chi connectivity index (χ1n) is 7.44. The Labute approximate surface area is 140 Å². The second-order valence-corrected chi connectivity index (χ2v) is 5.91. The summed E-state index contributed by atoms with van der Waals surface area (Å²) in [6.07, 6.45) is 0.791. The van der Waals surface area contributed by atoms with Crippen molar-refractivity contribution in [3.8, 4) is 0 Å². The van der Waals surface area contributed by atoms with Crippen LogP contribution in [0.15, 0.2) is 59.5 Å². The second kappa shape index (κ2) is 9.00. The van der Waals surface area contributed by atoms with Gasteiger partial charge in [-0.25, -0.2) is 4.79 Å². The minimum atomic E-state index is -0.343. The van der Waals surface area contributed by atoms with Crippen molar-refractivity contribution in [3.05, 3.63) is 60.2 Å². The Balaban J connectivity index is 1.83. The molecular formula is C18H19NO3S. The van der Waals surface area contributed by atoms with E-state index < -0.39 is 0 Å². The maximum atomic E-state index is 11.9. The highest BCUT2D eigenvalue weighted by atomic mass is 32.2. The van der Waals surface area contributed by atoms with Crippen molar-refractivity contribution in [3.63, 3.8) is 0 Å². The maximum absolute atomic E-state index is 11.9. The highest BCUT2D eigenvalue weighted by Crippen LogP contribution is 2.17. The predicted octanol–water partition coefficient (Wildman–Crippen LogP) is 3.98. The van der Waals surface area contributed by atoms with Crippen LogP contribution in [0.3, 0.4) is 0 Å². The van der Waals surface area contributed by atoms with Crippen molar-refractivity contribution >= 4 is 29.3 Å². The number of amides is 1. The van der Waals surface area contributed by atoms with Crippen LogP contribution in [0.25, 0.3) is 0 Å². The van der Waals surface area contributed by atoms with Gasteiger partial charge in [-0.2, -0.15) is 0 Å². The molecule has 2 aromatic rings. The van der Waals surface area contributed by atoms with Crippen molar-refractivity contribution in [1.82, 2.24) is 0 Å². The second-order valence-electron chi connectivity index (χ2n) is 4.86. The Bertz CT molecular complexity index is 641. The van der Waals surface area contributed by atoms with Gasteiger partial charge in [-0.05, 0) is 42.8 Å². The fourth-order valence-electron chi connectivity index (χ4n) is 1.83. The highest BCUT2D eigenvalue weighted by molar-refractivity contribution is 8.00. The van der Waals surface area contributed by atoms with Gasteiger partial charge >= 0.3 is 5.97 Å². The zero-order valence-electron chi connectivity index (χ0n) is 13.0. The lowest BCUT2D eigenvalue weighted by molar-refractivity contribution is -0.113. The van der Waals surface area contributed by atoms with Gasteiger partial charge in [0.1, 0.15) is 0 Å². The van der Waals surface area contributed by atoms with E-state index in [2.05, 4.69) is 5.32 Å². The molecule has 2 rings (SSSR count). The lowest BCUT2D eigenvalue weighted by Crippen LogP contribution is -2.14. The van der Waals surface area contributed by atoms with Gasteiger partial charge in [-0.3, -0.25) is 4.79 Å². The molecule has 1 N–H and O–H groups in total. The quantitative estimate of drug-likeness (QED) is 0.616.